The third-order valence-corrected chi connectivity index (χ3v) is 3.99. The topological polar surface area (TPSA) is 86.1 Å². The maximum absolute atomic E-state index is 12.4. The second-order valence-corrected chi connectivity index (χ2v) is 6.12. The Morgan fingerprint density at radius 3 is 2.75 bits per heavy atom. The normalized spacial score (nSPS) is 12.7. The van der Waals surface area contributed by atoms with Gasteiger partial charge in [-0.2, -0.15) is 0 Å². The van der Waals surface area contributed by atoms with Gasteiger partial charge in [0.05, 0.1) is 29.2 Å². The van der Waals surface area contributed by atoms with E-state index in [1.165, 1.54) is 6.26 Å². The van der Waals surface area contributed by atoms with Crippen LogP contribution in [0.4, 0.5) is 0 Å². The molecular formula is C18H22N4O2. The number of hydrogen-bond acceptors (Lipinski definition) is 4. The molecule has 1 aromatic carbocycles. The highest BCUT2D eigenvalue weighted by molar-refractivity contribution is 5.94. The van der Waals surface area contributed by atoms with Crippen molar-refractivity contribution in [2.45, 2.75) is 39.4 Å². The molecule has 0 saturated heterocycles. The van der Waals surface area contributed by atoms with Gasteiger partial charge in [-0.15, -0.1) is 0 Å². The Balaban J connectivity index is 1.89. The molecule has 3 aromatic rings. The van der Waals surface area contributed by atoms with Crippen LogP contribution in [0.3, 0.4) is 0 Å². The summed E-state index contributed by atoms with van der Waals surface area (Å²) >= 11 is 0. The summed E-state index contributed by atoms with van der Waals surface area (Å²) in [4.78, 5) is 17.1. The zero-order valence-electron chi connectivity index (χ0n) is 14.1. The van der Waals surface area contributed by atoms with Gasteiger partial charge in [0.2, 0.25) is 0 Å². The number of imidazole rings is 1. The van der Waals surface area contributed by atoms with Crippen molar-refractivity contribution >= 4 is 16.9 Å². The summed E-state index contributed by atoms with van der Waals surface area (Å²) in [5.74, 6) is 1.22. The molecule has 3 rings (SSSR count). The molecule has 1 amide bonds. The Morgan fingerprint density at radius 1 is 1.33 bits per heavy atom. The van der Waals surface area contributed by atoms with E-state index in [1.807, 2.05) is 31.2 Å². The number of amides is 1. The lowest BCUT2D eigenvalue weighted by atomic mass is 10.2. The van der Waals surface area contributed by atoms with Gasteiger partial charge >= 0.3 is 0 Å². The van der Waals surface area contributed by atoms with Gasteiger partial charge in [-0.1, -0.05) is 12.1 Å². The van der Waals surface area contributed by atoms with Gasteiger partial charge < -0.3 is 20.0 Å². The van der Waals surface area contributed by atoms with E-state index in [-0.39, 0.29) is 24.5 Å². The molecule has 0 aliphatic carbocycles. The molecule has 0 fully saturated rings. The highest BCUT2D eigenvalue weighted by Crippen LogP contribution is 2.25. The van der Waals surface area contributed by atoms with Crippen LogP contribution in [0.15, 0.2) is 41.0 Å². The molecule has 24 heavy (non-hydrogen) atoms. The van der Waals surface area contributed by atoms with Crippen LogP contribution in [0.5, 0.6) is 0 Å². The second kappa shape index (κ2) is 6.49. The summed E-state index contributed by atoms with van der Waals surface area (Å²) in [5, 5.41) is 2.98. The van der Waals surface area contributed by atoms with E-state index in [2.05, 4.69) is 23.7 Å². The van der Waals surface area contributed by atoms with Gasteiger partial charge in [0.25, 0.3) is 5.91 Å². The van der Waals surface area contributed by atoms with E-state index in [0.29, 0.717) is 11.3 Å². The maximum Gasteiger partial charge on any atom is 0.255 e. The average Bonchev–Trinajstić information content (AvgIpc) is 3.19. The predicted molar refractivity (Wildman–Crippen MR) is 92.6 cm³/mol. The van der Waals surface area contributed by atoms with Crippen LogP contribution in [0.1, 0.15) is 54.8 Å². The molecule has 0 radical (unpaired) electrons. The highest BCUT2D eigenvalue weighted by Gasteiger charge is 2.21. The number of furan rings is 1. The Labute approximate surface area is 140 Å². The van der Waals surface area contributed by atoms with E-state index in [1.54, 1.807) is 6.07 Å². The fraction of sp³-hybridized carbons (Fsp3) is 0.333. The van der Waals surface area contributed by atoms with Crippen molar-refractivity contribution in [1.29, 1.82) is 0 Å². The summed E-state index contributed by atoms with van der Waals surface area (Å²) in [6.45, 7) is 6.42. The number of carbonyl (C=O) groups is 1. The first-order chi connectivity index (χ1) is 11.5. The number of aromatic nitrogens is 2. The molecule has 0 saturated carbocycles. The van der Waals surface area contributed by atoms with Gasteiger partial charge in [-0.05, 0) is 39.0 Å². The third kappa shape index (κ3) is 2.92. The number of nitrogens with one attached hydrogen (secondary N) is 1. The van der Waals surface area contributed by atoms with Crippen LogP contribution in [-0.4, -0.2) is 15.5 Å². The van der Waals surface area contributed by atoms with Crippen LogP contribution in [0.25, 0.3) is 11.0 Å². The largest absolute Gasteiger partial charge is 0.467 e. The monoisotopic (exact) mass is 326 g/mol. The molecule has 1 unspecified atom stereocenters. The van der Waals surface area contributed by atoms with E-state index in [4.69, 9.17) is 15.1 Å². The van der Waals surface area contributed by atoms with E-state index in [9.17, 15) is 4.79 Å². The zero-order valence-corrected chi connectivity index (χ0v) is 14.1. The molecule has 2 heterocycles. The molecular weight excluding hydrogens is 304 g/mol. The van der Waals surface area contributed by atoms with Crippen molar-refractivity contribution in [1.82, 2.24) is 14.9 Å². The van der Waals surface area contributed by atoms with Crippen molar-refractivity contribution in [2.75, 3.05) is 0 Å². The molecule has 3 N–H and O–H groups in total. The smallest absolute Gasteiger partial charge is 0.255 e. The van der Waals surface area contributed by atoms with Gasteiger partial charge in [-0.25, -0.2) is 4.98 Å². The first-order valence-corrected chi connectivity index (χ1v) is 8.06. The average molecular weight is 326 g/mol. The van der Waals surface area contributed by atoms with Crippen molar-refractivity contribution in [2.24, 2.45) is 5.73 Å². The second-order valence-electron chi connectivity index (χ2n) is 6.12. The number of hydrogen-bond donors (Lipinski definition) is 2. The van der Waals surface area contributed by atoms with Gasteiger partial charge in [0.15, 0.2) is 0 Å². The summed E-state index contributed by atoms with van der Waals surface area (Å²) in [6.07, 6.45) is 1.43. The quantitative estimate of drug-likeness (QED) is 0.754. The minimum atomic E-state index is -0.233. The van der Waals surface area contributed by atoms with Crippen LogP contribution in [0.2, 0.25) is 0 Å². The number of para-hydroxylation sites is 2. The number of carbonyl (C=O) groups excluding carboxylic acids is 1. The van der Waals surface area contributed by atoms with E-state index >= 15 is 0 Å². The number of nitrogens with zero attached hydrogens (tertiary/aromatic N) is 2. The van der Waals surface area contributed by atoms with Gasteiger partial charge in [0, 0.05) is 6.04 Å². The molecule has 6 heteroatoms. The Kier molecular flexibility index (Phi) is 4.40. The zero-order chi connectivity index (χ0) is 17.3. The minimum Gasteiger partial charge on any atom is -0.467 e. The van der Waals surface area contributed by atoms with Gasteiger partial charge in [-0.3, -0.25) is 4.79 Å². The number of benzene rings is 1. The van der Waals surface area contributed by atoms with Crippen molar-refractivity contribution in [3.63, 3.8) is 0 Å². The predicted octanol–water partition coefficient (Wildman–Crippen LogP) is 3.16. The summed E-state index contributed by atoms with van der Waals surface area (Å²) in [7, 11) is 0. The highest BCUT2D eigenvalue weighted by atomic mass is 16.3. The van der Waals surface area contributed by atoms with Crippen LogP contribution < -0.4 is 11.1 Å². The minimum absolute atomic E-state index is 0.201. The number of fused-ring (bicyclic) bond motifs is 1. The maximum atomic E-state index is 12.4. The Hall–Kier alpha value is -2.60. The Morgan fingerprint density at radius 2 is 2.08 bits per heavy atom. The molecule has 0 bridgehead atoms. The summed E-state index contributed by atoms with van der Waals surface area (Å²) in [6, 6.07) is 9.66. The molecule has 2 aromatic heterocycles. The van der Waals surface area contributed by atoms with Crippen LogP contribution in [-0.2, 0) is 6.54 Å². The van der Waals surface area contributed by atoms with Gasteiger partial charge in [0.1, 0.15) is 17.8 Å². The van der Waals surface area contributed by atoms with Crippen LogP contribution in [0, 0.1) is 0 Å². The van der Waals surface area contributed by atoms with Crippen molar-refractivity contribution in [3.8, 4) is 0 Å². The van der Waals surface area contributed by atoms with E-state index < -0.39 is 0 Å². The lowest BCUT2D eigenvalue weighted by Gasteiger charge is -2.18. The number of rotatable bonds is 5. The Bertz CT molecular complexity index is 863. The molecule has 6 nitrogen and oxygen atoms in total. The molecule has 0 aliphatic heterocycles. The summed E-state index contributed by atoms with van der Waals surface area (Å²) in [5.41, 5.74) is 7.97. The van der Waals surface area contributed by atoms with Crippen molar-refractivity contribution < 1.29 is 9.21 Å². The fourth-order valence-corrected chi connectivity index (χ4v) is 2.86. The lowest BCUT2D eigenvalue weighted by Crippen LogP contribution is -2.28. The lowest BCUT2D eigenvalue weighted by molar-refractivity contribution is 0.0937. The van der Waals surface area contributed by atoms with Crippen molar-refractivity contribution in [3.05, 3.63) is 53.7 Å². The summed E-state index contributed by atoms with van der Waals surface area (Å²) < 4.78 is 7.38. The van der Waals surface area contributed by atoms with Crippen LogP contribution >= 0.6 is 0 Å². The fourth-order valence-electron chi connectivity index (χ4n) is 2.86. The first kappa shape index (κ1) is 16.3. The first-order valence-electron chi connectivity index (χ1n) is 8.06. The number of nitrogens with two attached hydrogens (primary N) is 1. The van der Waals surface area contributed by atoms with E-state index in [0.717, 1.165) is 16.9 Å². The standard InChI is InChI=1S/C18H22N4O2/c1-11(2)22-16-7-5-4-6-15(16)21-17(22)12(3)20-18(23)13-8-14(9-19)24-10-13/h4-8,10-12H,9,19H2,1-3H3,(H,20,23). The SMILES string of the molecule is CC(NC(=O)c1coc(CN)c1)c1nc2ccccc2n1C(C)C. The molecule has 0 aliphatic rings. The molecule has 126 valence electrons. The third-order valence-electron chi connectivity index (χ3n) is 3.99. The molecule has 0 spiro atoms. The molecule has 1 atom stereocenters.